The van der Waals surface area contributed by atoms with Crippen molar-refractivity contribution in [2.24, 2.45) is 0 Å². The van der Waals surface area contributed by atoms with Crippen LogP contribution >= 0.6 is 15.9 Å². The highest BCUT2D eigenvalue weighted by Gasteiger charge is 2.11. The van der Waals surface area contributed by atoms with Gasteiger partial charge in [-0.1, -0.05) is 0 Å². The summed E-state index contributed by atoms with van der Waals surface area (Å²) in [6, 6.07) is 4.47. The molecule has 0 amide bonds. The summed E-state index contributed by atoms with van der Waals surface area (Å²) < 4.78 is 1.72. The summed E-state index contributed by atoms with van der Waals surface area (Å²) in [6.07, 6.45) is 2.80. The molecule has 0 bridgehead atoms. The second-order valence-corrected chi connectivity index (χ2v) is 4.88. The third-order valence-electron chi connectivity index (χ3n) is 2.77. The van der Waals surface area contributed by atoms with Gasteiger partial charge in [-0.25, -0.2) is 4.98 Å². The Kier molecular flexibility index (Phi) is 4.14. The minimum absolute atomic E-state index is 0.0185. The molecule has 1 aromatic heterocycles. The Labute approximate surface area is 122 Å². The molecule has 0 unspecified atom stereocenters. The number of rotatable bonds is 4. The van der Waals surface area contributed by atoms with Crippen molar-refractivity contribution >= 4 is 27.3 Å². The predicted octanol–water partition coefficient (Wildman–Crippen LogP) is 2.00. The Hall–Kier alpha value is -2.22. The number of nitrogens with one attached hydrogen (secondary N) is 1. The smallest absolute Gasteiger partial charge is 0.269 e. The van der Waals surface area contributed by atoms with Gasteiger partial charge in [0.05, 0.1) is 17.8 Å². The van der Waals surface area contributed by atoms with Gasteiger partial charge in [0.15, 0.2) is 0 Å². The molecule has 1 heterocycles. The van der Waals surface area contributed by atoms with Gasteiger partial charge in [-0.2, -0.15) is 0 Å². The average molecular weight is 339 g/mol. The number of anilines is 1. The predicted molar refractivity (Wildman–Crippen MR) is 77.9 cm³/mol. The second kappa shape index (κ2) is 5.83. The molecule has 0 aliphatic rings. The molecule has 1 N–H and O–H groups in total. The van der Waals surface area contributed by atoms with Crippen molar-refractivity contribution in [2.45, 2.75) is 6.54 Å². The van der Waals surface area contributed by atoms with E-state index in [1.165, 1.54) is 29.2 Å². The fourth-order valence-electron chi connectivity index (χ4n) is 1.79. The van der Waals surface area contributed by atoms with Crippen molar-refractivity contribution < 1.29 is 4.92 Å². The quantitative estimate of drug-likeness (QED) is 0.680. The van der Waals surface area contributed by atoms with Gasteiger partial charge in [0, 0.05) is 36.6 Å². The minimum atomic E-state index is -0.467. The molecule has 2 aromatic rings. The van der Waals surface area contributed by atoms with E-state index in [4.69, 9.17) is 0 Å². The van der Waals surface area contributed by atoms with E-state index in [0.29, 0.717) is 10.0 Å². The van der Waals surface area contributed by atoms with E-state index in [1.807, 2.05) is 0 Å². The lowest BCUT2D eigenvalue weighted by Crippen LogP contribution is -2.21. The average Bonchev–Trinajstić information content (AvgIpc) is 2.43. The zero-order valence-corrected chi connectivity index (χ0v) is 12.1. The molecule has 2 rings (SSSR count). The first-order chi connectivity index (χ1) is 9.52. The molecule has 0 aliphatic heterocycles. The van der Waals surface area contributed by atoms with Crippen molar-refractivity contribution in [3.8, 4) is 0 Å². The summed E-state index contributed by atoms with van der Waals surface area (Å²) in [5.74, 6) is 0. The monoisotopic (exact) mass is 338 g/mol. The zero-order chi connectivity index (χ0) is 14.7. The molecule has 1 aromatic carbocycles. The van der Waals surface area contributed by atoms with E-state index in [-0.39, 0.29) is 17.8 Å². The van der Waals surface area contributed by atoms with E-state index in [1.54, 1.807) is 13.1 Å². The number of aromatic nitrogens is 2. The highest BCUT2D eigenvalue weighted by molar-refractivity contribution is 9.10. The van der Waals surface area contributed by atoms with Crippen LogP contribution in [0.25, 0.3) is 0 Å². The molecule has 7 nitrogen and oxygen atoms in total. The number of nitro groups is 1. The molecule has 0 atom stereocenters. The maximum atomic E-state index is 11.9. The Bertz CT molecular complexity index is 714. The topological polar surface area (TPSA) is 90.1 Å². The summed E-state index contributed by atoms with van der Waals surface area (Å²) in [6.45, 7) is 0.198. The Morgan fingerprint density at radius 3 is 2.90 bits per heavy atom. The Morgan fingerprint density at radius 2 is 2.25 bits per heavy atom. The van der Waals surface area contributed by atoms with Crippen LogP contribution in [0.15, 0.2) is 40.0 Å². The van der Waals surface area contributed by atoms with Crippen molar-refractivity contribution in [1.82, 2.24) is 9.55 Å². The lowest BCUT2D eigenvalue weighted by atomic mass is 10.1. The molecule has 0 aliphatic carbocycles. The van der Waals surface area contributed by atoms with Crippen LogP contribution in [0.2, 0.25) is 0 Å². The van der Waals surface area contributed by atoms with Crippen LogP contribution in [-0.2, 0) is 6.54 Å². The molecule has 0 radical (unpaired) electrons. The first-order valence-corrected chi connectivity index (χ1v) is 6.47. The van der Waals surface area contributed by atoms with Gasteiger partial charge >= 0.3 is 0 Å². The number of nitrogens with zero attached hydrogens (tertiary/aromatic N) is 3. The Balaban J connectivity index is 2.46. The van der Waals surface area contributed by atoms with Crippen molar-refractivity contribution in [3.05, 3.63) is 61.2 Å². The molecule has 0 fully saturated rings. The van der Waals surface area contributed by atoms with Gasteiger partial charge in [0.1, 0.15) is 4.47 Å². The summed E-state index contributed by atoms with van der Waals surface area (Å²) in [7, 11) is 1.71. The largest absolute Gasteiger partial charge is 0.388 e. The van der Waals surface area contributed by atoms with Crippen LogP contribution in [0.1, 0.15) is 5.56 Å². The minimum Gasteiger partial charge on any atom is -0.388 e. The maximum absolute atomic E-state index is 11.9. The fourth-order valence-corrected chi connectivity index (χ4v) is 2.13. The SMILES string of the molecule is CNc1ccc([N+](=O)[O-])cc1Cn1cncc(Br)c1=O. The molecular formula is C12H11BrN4O3. The highest BCUT2D eigenvalue weighted by Crippen LogP contribution is 2.22. The molecule has 0 saturated heterocycles. The normalized spacial score (nSPS) is 10.3. The summed E-state index contributed by atoms with van der Waals surface area (Å²) >= 11 is 3.11. The van der Waals surface area contributed by atoms with Crippen LogP contribution < -0.4 is 10.9 Å². The lowest BCUT2D eigenvalue weighted by molar-refractivity contribution is -0.384. The summed E-state index contributed by atoms with van der Waals surface area (Å²) in [5.41, 5.74) is 1.11. The van der Waals surface area contributed by atoms with E-state index in [2.05, 4.69) is 26.2 Å². The first-order valence-electron chi connectivity index (χ1n) is 5.68. The molecular weight excluding hydrogens is 328 g/mol. The summed E-state index contributed by atoms with van der Waals surface area (Å²) in [5, 5.41) is 13.8. The number of nitro benzene ring substituents is 1. The van der Waals surface area contributed by atoms with Crippen molar-refractivity contribution in [1.29, 1.82) is 0 Å². The number of benzene rings is 1. The van der Waals surface area contributed by atoms with Gasteiger partial charge in [-0.05, 0) is 22.0 Å². The van der Waals surface area contributed by atoms with Crippen LogP contribution in [0, 0.1) is 10.1 Å². The Morgan fingerprint density at radius 1 is 1.50 bits per heavy atom. The molecule has 104 valence electrons. The molecule has 20 heavy (non-hydrogen) atoms. The number of hydrogen-bond acceptors (Lipinski definition) is 5. The second-order valence-electron chi connectivity index (χ2n) is 4.02. The van der Waals surface area contributed by atoms with Crippen LogP contribution in [0.5, 0.6) is 0 Å². The van der Waals surface area contributed by atoms with Gasteiger partial charge in [0.2, 0.25) is 0 Å². The maximum Gasteiger partial charge on any atom is 0.269 e. The fraction of sp³-hybridized carbons (Fsp3) is 0.167. The van der Waals surface area contributed by atoms with Gasteiger partial charge < -0.3 is 5.32 Å². The van der Waals surface area contributed by atoms with E-state index in [9.17, 15) is 14.9 Å². The van der Waals surface area contributed by atoms with Gasteiger partial charge in [0.25, 0.3) is 11.2 Å². The zero-order valence-electron chi connectivity index (χ0n) is 10.5. The third-order valence-corrected chi connectivity index (χ3v) is 3.31. The summed E-state index contributed by atoms with van der Waals surface area (Å²) in [4.78, 5) is 26.2. The van der Waals surface area contributed by atoms with E-state index in [0.717, 1.165) is 5.69 Å². The standard InChI is InChI=1S/C12H11BrN4O3/c1-14-11-3-2-9(17(19)20)4-8(11)6-16-7-15-5-10(13)12(16)18/h2-5,7,14H,6H2,1H3. The number of hydrogen-bond donors (Lipinski definition) is 1. The number of non-ortho nitro benzene ring substituents is 1. The molecule has 0 spiro atoms. The van der Waals surface area contributed by atoms with Crippen LogP contribution in [-0.4, -0.2) is 21.5 Å². The highest BCUT2D eigenvalue weighted by atomic mass is 79.9. The third kappa shape index (κ3) is 2.85. The van der Waals surface area contributed by atoms with Crippen molar-refractivity contribution in [3.63, 3.8) is 0 Å². The molecule has 8 heteroatoms. The van der Waals surface area contributed by atoms with Crippen molar-refractivity contribution in [2.75, 3.05) is 12.4 Å². The van der Waals surface area contributed by atoms with E-state index >= 15 is 0 Å². The van der Waals surface area contributed by atoms with Crippen LogP contribution in [0.3, 0.4) is 0 Å². The van der Waals surface area contributed by atoms with Gasteiger partial charge in [-0.3, -0.25) is 19.5 Å². The lowest BCUT2D eigenvalue weighted by Gasteiger charge is -2.10. The molecule has 0 saturated carbocycles. The number of halogens is 1. The first kappa shape index (κ1) is 14.2. The van der Waals surface area contributed by atoms with Gasteiger partial charge in [-0.15, -0.1) is 0 Å². The van der Waals surface area contributed by atoms with E-state index < -0.39 is 4.92 Å². The van der Waals surface area contributed by atoms with Crippen LogP contribution in [0.4, 0.5) is 11.4 Å².